The van der Waals surface area contributed by atoms with Crippen molar-refractivity contribution in [2.45, 2.75) is 38.0 Å². The van der Waals surface area contributed by atoms with E-state index in [0.717, 1.165) is 11.1 Å². The van der Waals surface area contributed by atoms with Crippen LogP contribution in [0.1, 0.15) is 36.5 Å². The zero-order valence-corrected chi connectivity index (χ0v) is 28.8. The molecule has 6 rings (SSSR count). The summed E-state index contributed by atoms with van der Waals surface area (Å²) in [5.74, 6) is -8.09. The fourth-order valence-electron chi connectivity index (χ4n) is 6.40. The Hall–Kier alpha value is -5.77. The average Bonchev–Trinajstić information content (AvgIpc) is 3.17. The number of carbonyl (C=O) groups excluding carboxylic acids is 2. The number of nitrogens with one attached hydrogen (secondary N) is 4. The number of ether oxygens (including phenoxy) is 1. The van der Waals surface area contributed by atoms with Crippen LogP contribution in [-0.4, -0.2) is 64.4 Å². The molecule has 282 valence electrons. The number of para-hydroxylation sites is 1. The zero-order valence-electron chi connectivity index (χ0n) is 28.8. The van der Waals surface area contributed by atoms with Gasteiger partial charge in [0, 0.05) is 61.7 Å². The van der Waals surface area contributed by atoms with Gasteiger partial charge in [-0.1, -0.05) is 54.6 Å². The van der Waals surface area contributed by atoms with Crippen molar-refractivity contribution in [1.29, 1.82) is 0 Å². The first kappa shape index (κ1) is 38.0. The number of phenolic OH excluding ortho intramolecular Hbond substituents is 1. The topological polar surface area (TPSA) is 156 Å². The van der Waals surface area contributed by atoms with E-state index in [1.807, 2.05) is 58.7 Å². The van der Waals surface area contributed by atoms with Crippen molar-refractivity contribution in [3.05, 3.63) is 124 Å². The van der Waals surface area contributed by atoms with Crippen molar-refractivity contribution >= 4 is 34.3 Å². The van der Waals surface area contributed by atoms with Gasteiger partial charge in [0.2, 0.25) is 11.5 Å². The van der Waals surface area contributed by atoms with Gasteiger partial charge in [-0.15, -0.1) is 0 Å². The summed E-state index contributed by atoms with van der Waals surface area (Å²) in [6.07, 6.45) is -1.54. The molecule has 1 fully saturated rings. The number of aliphatic hydroxyl groups excluding tert-OH is 1. The molecule has 2 amide bonds. The Bertz CT molecular complexity index is 2180. The summed E-state index contributed by atoms with van der Waals surface area (Å²) in [5, 5.41) is 28.3. The van der Waals surface area contributed by atoms with Gasteiger partial charge in [-0.25, -0.2) is 22.4 Å². The molecule has 54 heavy (non-hydrogen) atoms. The van der Waals surface area contributed by atoms with E-state index < -0.39 is 64.7 Å². The Kier molecular flexibility index (Phi) is 11.9. The minimum absolute atomic E-state index is 0.0795. The molecule has 5 aromatic rings. The van der Waals surface area contributed by atoms with Gasteiger partial charge < -0.3 is 35.5 Å². The number of fused-ring (bicyclic) bond motifs is 1. The van der Waals surface area contributed by atoms with Gasteiger partial charge in [0.25, 0.3) is 0 Å². The summed E-state index contributed by atoms with van der Waals surface area (Å²) < 4.78 is 65.5. The largest absolute Gasteiger partial charge is 0.506 e. The number of amides is 2. The number of rotatable bonds is 12. The normalized spacial score (nSPS) is 14.2. The molecule has 1 atom stereocenters. The Morgan fingerprint density at radius 1 is 0.870 bits per heavy atom. The number of carbonyl (C=O) groups is 2. The monoisotopic (exact) mass is 747 g/mol. The Balaban J connectivity index is 0.969. The summed E-state index contributed by atoms with van der Waals surface area (Å²) in [6, 6.07) is 22.2. The van der Waals surface area contributed by atoms with Gasteiger partial charge in [0.05, 0.1) is 17.3 Å². The van der Waals surface area contributed by atoms with E-state index in [0.29, 0.717) is 37.0 Å². The van der Waals surface area contributed by atoms with Crippen molar-refractivity contribution < 1.29 is 42.1 Å². The SMILES string of the molecule is O=C(CCN1CCC(OC(=O)Nc2ccccc2-c2ccccc2)CC1)Nc1c(F)c(F)c(CNCC(O)c2ccc(O)c3[nH]c(=O)ccc23)c(F)c1F. The number of aliphatic hydroxyl groups is 1. The molecular weight excluding hydrogens is 710 g/mol. The van der Waals surface area contributed by atoms with Crippen LogP contribution < -0.4 is 21.5 Å². The zero-order chi connectivity index (χ0) is 38.4. The van der Waals surface area contributed by atoms with Gasteiger partial charge in [-0.05, 0) is 42.2 Å². The van der Waals surface area contributed by atoms with E-state index in [2.05, 4.69) is 15.6 Å². The van der Waals surface area contributed by atoms with E-state index in [1.165, 1.54) is 24.3 Å². The second-order valence-corrected chi connectivity index (χ2v) is 12.8. The summed E-state index contributed by atoms with van der Waals surface area (Å²) >= 11 is 0. The lowest BCUT2D eigenvalue weighted by Crippen LogP contribution is -2.39. The molecule has 1 unspecified atom stereocenters. The minimum Gasteiger partial charge on any atom is -0.506 e. The maximum absolute atomic E-state index is 15.0. The van der Waals surface area contributed by atoms with Crippen molar-refractivity contribution in [3.8, 4) is 16.9 Å². The highest BCUT2D eigenvalue weighted by Crippen LogP contribution is 2.31. The van der Waals surface area contributed by atoms with Crippen molar-refractivity contribution in [2.75, 3.05) is 36.8 Å². The molecular formula is C39H37F4N5O6. The first-order valence-corrected chi connectivity index (χ1v) is 17.2. The van der Waals surface area contributed by atoms with Crippen molar-refractivity contribution in [3.63, 3.8) is 0 Å². The summed E-state index contributed by atoms with van der Waals surface area (Å²) in [7, 11) is 0. The molecule has 1 aliphatic heterocycles. The van der Waals surface area contributed by atoms with Crippen LogP contribution in [0.3, 0.4) is 0 Å². The molecule has 15 heteroatoms. The fourth-order valence-corrected chi connectivity index (χ4v) is 6.40. The van der Waals surface area contributed by atoms with E-state index >= 15 is 0 Å². The molecule has 0 saturated carbocycles. The fraction of sp³-hybridized carbons (Fsp3) is 0.256. The number of pyridine rings is 1. The second kappa shape index (κ2) is 16.9. The molecule has 6 N–H and O–H groups in total. The quantitative estimate of drug-likeness (QED) is 0.0640. The van der Waals surface area contributed by atoms with Gasteiger partial charge in [0.1, 0.15) is 17.5 Å². The van der Waals surface area contributed by atoms with Gasteiger partial charge in [-0.3, -0.25) is 14.9 Å². The van der Waals surface area contributed by atoms with Crippen LogP contribution in [0, 0.1) is 23.3 Å². The molecule has 0 spiro atoms. The lowest BCUT2D eigenvalue weighted by molar-refractivity contribution is -0.116. The number of nitrogens with zero attached hydrogens (tertiary/aromatic N) is 1. The number of likely N-dealkylation sites (tertiary alicyclic amines) is 1. The van der Waals surface area contributed by atoms with Crippen LogP contribution in [0.4, 0.5) is 33.7 Å². The highest BCUT2D eigenvalue weighted by atomic mass is 19.2. The number of hydrogen-bond donors (Lipinski definition) is 6. The lowest BCUT2D eigenvalue weighted by Gasteiger charge is -2.31. The number of anilines is 2. The van der Waals surface area contributed by atoms with E-state index in [-0.39, 0.29) is 42.4 Å². The molecule has 0 radical (unpaired) electrons. The molecule has 1 aromatic heterocycles. The highest BCUT2D eigenvalue weighted by Gasteiger charge is 2.28. The minimum atomic E-state index is -1.78. The third-order valence-electron chi connectivity index (χ3n) is 9.24. The van der Waals surface area contributed by atoms with Crippen LogP contribution in [0.15, 0.2) is 83.7 Å². The average molecular weight is 748 g/mol. The van der Waals surface area contributed by atoms with Crippen LogP contribution in [0.5, 0.6) is 5.75 Å². The number of aromatic amines is 1. The number of piperidine rings is 1. The Morgan fingerprint density at radius 2 is 1.56 bits per heavy atom. The summed E-state index contributed by atoms with van der Waals surface area (Å²) in [6.45, 7) is 0.0823. The Labute approximate surface area is 306 Å². The number of benzene rings is 4. The third kappa shape index (κ3) is 8.71. The summed E-state index contributed by atoms with van der Waals surface area (Å²) in [4.78, 5) is 41.3. The third-order valence-corrected chi connectivity index (χ3v) is 9.24. The maximum Gasteiger partial charge on any atom is 0.411 e. The number of aromatic nitrogens is 1. The first-order valence-electron chi connectivity index (χ1n) is 17.2. The predicted molar refractivity (Wildman–Crippen MR) is 194 cm³/mol. The van der Waals surface area contributed by atoms with Crippen molar-refractivity contribution in [2.24, 2.45) is 0 Å². The molecule has 11 nitrogen and oxygen atoms in total. The van der Waals surface area contributed by atoms with E-state index in [9.17, 15) is 42.2 Å². The van der Waals surface area contributed by atoms with Gasteiger partial charge in [0.15, 0.2) is 23.3 Å². The molecule has 0 bridgehead atoms. The first-order chi connectivity index (χ1) is 26.0. The molecule has 0 aliphatic carbocycles. The lowest BCUT2D eigenvalue weighted by atomic mass is 10.0. The number of halogens is 4. The number of hydrogen-bond acceptors (Lipinski definition) is 8. The number of aromatic hydroxyl groups is 1. The van der Waals surface area contributed by atoms with Crippen LogP contribution in [0.25, 0.3) is 22.0 Å². The van der Waals surface area contributed by atoms with Gasteiger partial charge in [-0.2, -0.15) is 0 Å². The van der Waals surface area contributed by atoms with Crippen LogP contribution in [-0.2, 0) is 16.1 Å². The molecule has 1 aliphatic rings. The number of phenols is 1. The standard InChI is InChI=1S/C39H37F4N5O6/c40-33-27(20-44-21-30(50)25-10-12-29(49)37-26(25)11-13-31(51)46-37)34(41)36(43)38(35(33)42)47-32(52)16-19-48-17-14-23(15-18-48)54-39(53)45-28-9-5-4-8-24(28)22-6-2-1-3-7-22/h1-13,23,30,44,49-50H,14-21H2,(H,45,53)(H,46,51)(H,47,52). The summed E-state index contributed by atoms with van der Waals surface area (Å²) in [5.41, 5.74) is 0.0202. The predicted octanol–water partition coefficient (Wildman–Crippen LogP) is 6.32. The van der Waals surface area contributed by atoms with Crippen LogP contribution >= 0.6 is 0 Å². The molecule has 1 saturated heterocycles. The maximum atomic E-state index is 15.0. The van der Waals surface area contributed by atoms with Crippen LogP contribution in [0.2, 0.25) is 0 Å². The Morgan fingerprint density at radius 3 is 2.28 bits per heavy atom. The molecule has 2 heterocycles. The van der Waals surface area contributed by atoms with Gasteiger partial charge >= 0.3 is 6.09 Å². The van der Waals surface area contributed by atoms with Crippen molar-refractivity contribution in [1.82, 2.24) is 15.2 Å². The van der Waals surface area contributed by atoms with E-state index in [1.54, 1.807) is 6.07 Å². The molecule has 4 aromatic carbocycles. The van der Waals surface area contributed by atoms with E-state index in [4.69, 9.17) is 4.74 Å². The smallest absolute Gasteiger partial charge is 0.411 e. The number of H-pyrrole nitrogens is 1. The highest BCUT2D eigenvalue weighted by molar-refractivity contribution is 5.92. The second-order valence-electron chi connectivity index (χ2n) is 12.8.